The molecule has 1 fully saturated rings. The molecule has 0 bridgehead atoms. The Kier molecular flexibility index (Phi) is 8.29. The molecule has 16 heavy (non-hydrogen) atoms. The average molecular weight is 247 g/mol. The van der Waals surface area contributed by atoms with Crippen molar-refractivity contribution in [2.45, 2.75) is 44.2 Å². The summed E-state index contributed by atoms with van der Waals surface area (Å²) in [6, 6.07) is 0.553. The predicted molar refractivity (Wildman–Crippen MR) is 70.1 cm³/mol. The molecule has 0 aromatic carbocycles. The summed E-state index contributed by atoms with van der Waals surface area (Å²) in [5.74, 6) is 2.20. The van der Waals surface area contributed by atoms with Crippen molar-refractivity contribution in [3.05, 3.63) is 0 Å². The van der Waals surface area contributed by atoms with Gasteiger partial charge in [-0.2, -0.15) is 11.8 Å². The number of nitrogens with one attached hydrogen (secondary N) is 1. The second kappa shape index (κ2) is 9.28. The number of thioether (sulfide) groups is 1. The van der Waals surface area contributed by atoms with Gasteiger partial charge in [0.2, 0.25) is 0 Å². The molecule has 1 aliphatic carbocycles. The Morgan fingerprint density at radius 2 is 2.12 bits per heavy atom. The quantitative estimate of drug-likeness (QED) is 0.640. The van der Waals surface area contributed by atoms with Crippen LogP contribution in [-0.2, 0) is 4.74 Å². The van der Waals surface area contributed by atoms with E-state index in [1.807, 2.05) is 18.9 Å². The van der Waals surface area contributed by atoms with Gasteiger partial charge in [0.05, 0.1) is 6.10 Å². The molecule has 0 amide bonds. The van der Waals surface area contributed by atoms with Crippen LogP contribution in [0.3, 0.4) is 0 Å². The molecular weight excluding hydrogens is 222 g/mol. The lowest BCUT2D eigenvalue weighted by atomic mass is 9.92. The highest BCUT2D eigenvalue weighted by molar-refractivity contribution is 7.99. The summed E-state index contributed by atoms with van der Waals surface area (Å²) in [6.45, 7) is 1.37. The average Bonchev–Trinajstić information content (AvgIpc) is 2.34. The minimum atomic E-state index is 0.314. The van der Waals surface area contributed by atoms with Crippen LogP contribution in [0.2, 0.25) is 0 Å². The first kappa shape index (κ1) is 14.3. The number of ether oxygens (including phenoxy) is 1. The van der Waals surface area contributed by atoms with E-state index in [-0.39, 0.29) is 0 Å². The van der Waals surface area contributed by atoms with Gasteiger partial charge in [0.15, 0.2) is 0 Å². The number of aliphatic hydroxyl groups is 1. The van der Waals surface area contributed by atoms with Crippen LogP contribution in [0.15, 0.2) is 0 Å². The maximum atomic E-state index is 8.65. The summed E-state index contributed by atoms with van der Waals surface area (Å²) in [4.78, 5) is 0. The fourth-order valence-electron chi connectivity index (χ4n) is 2.20. The molecule has 1 aliphatic rings. The van der Waals surface area contributed by atoms with E-state index in [0.29, 0.717) is 18.8 Å². The number of hydrogen-bond acceptors (Lipinski definition) is 4. The van der Waals surface area contributed by atoms with Crippen molar-refractivity contribution < 1.29 is 9.84 Å². The van der Waals surface area contributed by atoms with Crippen molar-refractivity contribution in [2.24, 2.45) is 0 Å². The van der Waals surface area contributed by atoms with E-state index in [1.165, 1.54) is 25.7 Å². The summed E-state index contributed by atoms with van der Waals surface area (Å²) in [7, 11) is 1.82. The summed E-state index contributed by atoms with van der Waals surface area (Å²) in [5, 5.41) is 12.2. The van der Waals surface area contributed by atoms with Crippen LogP contribution in [0.25, 0.3) is 0 Å². The second-order valence-electron chi connectivity index (χ2n) is 4.31. The molecule has 1 saturated carbocycles. The summed E-state index contributed by atoms with van der Waals surface area (Å²) >= 11 is 1.91. The summed E-state index contributed by atoms with van der Waals surface area (Å²) in [6.07, 6.45) is 6.41. The normalized spacial score (nSPS) is 25.9. The number of aliphatic hydroxyl groups excluding tert-OH is 1. The van der Waals surface area contributed by atoms with E-state index in [9.17, 15) is 0 Å². The van der Waals surface area contributed by atoms with E-state index in [4.69, 9.17) is 9.84 Å². The highest BCUT2D eigenvalue weighted by Gasteiger charge is 2.23. The van der Waals surface area contributed by atoms with E-state index in [2.05, 4.69) is 5.32 Å². The zero-order valence-corrected chi connectivity index (χ0v) is 11.1. The van der Waals surface area contributed by atoms with Gasteiger partial charge < -0.3 is 15.2 Å². The number of hydrogen-bond donors (Lipinski definition) is 2. The fourth-order valence-corrected chi connectivity index (χ4v) is 3.00. The van der Waals surface area contributed by atoms with E-state index < -0.39 is 0 Å². The van der Waals surface area contributed by atoms with Crippen LogP contribution < -0.4 is 5.32 Å². The Morgan fingerprint density at radius 1 is 1.31 bits per heavy atom. The third kappa shape index (κ3) is 5.53. The van der Waals surface area contributed by atoms with Crippen molar-refractivity contribution >= 4 is 11.8 Å². The van der Waals surface area contributed by atoms with Crippen LogP contribution in [-0.4, -0.2) is 49.0 Å². The number of rotatable bonds is 8. The van der Waals surface area contributed by atoms with Gasteiger partial charge in [0.25, 0.3) is 0 Å². The van der Waals surface area contributed by atoms with Gasteiger partial charge in [0, 0.05) is 32.1 Å². The van der Waals surface area contributed by atoms with E-state index >= 15 is 0 Å². The Balaban J connectivity index is 2.02. The maximum absolute atomic E-state index is 8.65. The third-order valence-electron chi connectivity index (χ3n) is 3.11. The first-order valence-corrected chi connectivity index (χ1v) is 7.48. The maximum Gasteiger partial charge on any atom is 0.0724 e. The Labute approximate surface area is 103 Å². The van der Waals surface area contributed by atoms with Crippen LogP contribution in [0.1, 0.15) is 32.1 Å². The molecule has 2 unspecified atom stereocenters. The topological polar surface area (TPSA) is 41.5 Å². The standard InChI is InChI=1S/C12H25NO2S/c1-15-12-6-3-2-5-11(12)13-7-10-16-9-4-8-14/h11-14H,2-10H2,1H3. The van der Waals surface area contributed by atoms with E-state index in [1.54, 1.807) is 0 Å². The highest BCUT2D eigenvalue weighted by Crippen LogP contribution is 2.20. The van der Waals surface area contributed by atoms with Gasteiger partial charge in [0.1, 0.15) is 0 Å². The zero-order valence-electron chi connectivity index (χ0n) is 10.3. The molecule has 0 aromatic rings. The second-order valence-corrected chi connectivity index (χ2v) is 5.53. The lowest BCUT2D eigenvalue weighted by Crippen LogP contribution is -2.43. The Hall–Kier alpha value is 0.230. The van der Waals surface area contributed by atoms with E-state index in [0.717, 1.165) is 24.5 Å². The van der Waals surface area contributed by atoms with Gasteiger partial charge in [-0.15, -0.1) is 0 Å². The van der Waals surface area contributed by atoms with Crippen LogP contribution in [0.5, 0.6) is 0 Å². The molecule has 0 heterocycles. The van der Waals surface area contributed by atoms with Crippen molar-refractivity contribution in [3.8, 4) is 0 Å². The monoisotopic (exact) mass is 247 g/mol. The Bertz CT molecular complexity index is 169. The predicted octanol–water partition coefficient (Wildman–Crippen LogP) is 1.65. The van der Waals surface area contributed by atoms with Gasteiger partial charge in [-0.05, 0) is 25.0 Å². The lowest BCUT2D eigenvalue weighted by molar-refractivity contribution is 0.0426. The lowest BCUT2D eigenvalue weighted by Gasteiger charge is -2.31. The van der Waals surface area contributed by atoms with Crippen LogP contribution in [0.4, 0.5) is 0 Å². The largest absolute Gasteiger partial charge is 0.396 e. The molecule has 0 saturated heterocycles. The molecule has 2 N–H and O–H groups in total. The van der Waals surface area contributed by atoms with Crippen molar-refractivity contribution in [3.63, 3.8) is 0 Å². The van der Waals surface area contributed by atoms with Gasteiger partial charge in [-0.25, -0.2) is 0 Å². The first-order chi connectivity index (χ1) is 7.88. The van der Waals surface area contributed by atoms with Crippen molar-refractivity contribution in [1.82, 2.24) is 5.32 Å². The zero-order chi connectivity index (χ0) is 11.6. The van der Waals surface area contributed by atoms with Crippen molar-refractivity contribution in [2.75, 3.05) is 31.8 Å². The molecule has 2 atom stereocenters. The third-order valence-corrected chi connectivity index (χ3v) is 4.18. The molecule has 3 nitrogen and oxygen atoms in total. The molecule has 0 aliphatic heterocycles. The van der Waals surface area contributed by atoms with Gasteiger partial charge in [-0.3, -0.25) is 0 Å². The van der Waals surface area contributed by atoms with Crippen molar-refractivity contribution in [1.29, 1.82) is 0 Å². The molecular formula is C12H25NO2S. The van der Waals surface area contributed by atoms with Crippen LogP contribution >= 0.6 is 11.8 Å². The summed E-state index contributed by atoms with van der Waals surface area (Å²) < 4.78 is 5.50. The number of methoxy groups -OCH3 is 1. The molecule has 96 valence electrons. The summed E-state index contributed by atoms with van der Waals surface area (Å²) in [5.41, 5.74) is 0. The highest BCUT2D eigenvalue weighted by atomic mass is 32.2. The molecule has 4 heteroatoms. The minimum absolute atomic E-state index is 0.314. The Morgan fingerprint density at radius 3 is 2.88 bits per heavy atom. The molecule has 0 spiro atoms. The van der Waals surface area contributed by atoms with Gasteiger partial charge in [-0.1, -0.05) is 12.8 Å². The minimum Gasteiger partial charge on any atom is -0.396 e. The van der Waals surface area contributed by atoms with Gasteiger partial charge >= 0.3 is 0 Å². The molecule has 1 rings (SSSR count). The first-order valence-electron chi connectivity index (χ1n) is 6.33. The smallest absolute Gasteiger partial charge is 0.0724 e. The molecule has 0 radical (unpaired) electrons. The molecule has 0 aromatic heterocycles. The SMILES string of the molecule is COC1CCCCC1NCCSCCCO. The fraction of sp³-hybridized carbons (Fsp3) is 1.00. The van der Waals surface area contributed by atoms with Crippen LogP contribution in [0, 0.1) is 0 Å².